The number of carbonyl (C=O) groups excluding carboxylic acids is 1. The molecule has 1 atom stereocenters. The lowest BCUT2D eigenvalue weighted by atomic mass is 9.76. The summed E-state index contributed by atoms with van der Waals surface area (Å²) in [6.45, 7) is 5.56. The maximum Gasteiger partial charge on any atom is 0.315 e. The molecule has 1 heterocycles. The van der Waals surface area contributed by atoms with Crippen LogP contribution in [0.3, 0.4) is 0 Å². The van der Waals surface area contributed by atoms with Crippen molar-refractivity contribution < 1.29 is 14.6 Å². The van der Waals surface area contributed by atoms with E-state index in [4.69, 9.17) is 9.72 Å². The van der Waals surface area contributed by atoms with Crippen LogP contribution in [0.15, 0.2) is 128 Å². The van der Waals surface area contributed by atoms with E-state index in [2.05, 4.69) is 77.4 Å². The van der Waals surface area contributed by atoms with E-state index >= 15 is 0 Å². The summed E-state index contributed by atoms with van der Waals surface area (Å²) in [5.41, 5.74) is 3.23. The van der Waals surface area contributed by atoms with Crippen LogP contribution in [0.4, 0.5) is 0 Å². The summed E-state index contributed by atoms with van der Waals surface area (Å²) in [6, 6.07) is 39.0. The number of carbonyl (C=O) groups is 1. The molecule has 6 rings (SSSR count). The zero-order chi connectivity index (χ0) is 29.4. The number of hydrogen-bond donors (Lipinski definition) is 1. The Kier molecular flexibility index (Phi) is 7.07. The molecule has 1 unspecified atom stereocenters. The van der Waals surface area contributed by atoms with Gasteiger partial charge in [0.05, 0.1) is 23.5 Å². The van der Waals surface area contributed by atoms with Crippen molar-refractivity contribution in [2.24, 2.45) is 5.41 Å². The fourth-order valence-corrected chi connectivity index (χ4v) is 6.00. The average Bonchev–Trinajstić information content (AvgIpc) is 3.69. The van der Waals surface area contributed by atoms with Crippen LogP contribution < -0.4 is 0 Å². The summed E-state index contributed by atoms with van der Waals surface area (Å²) in [6.07, 6.45) is 4.09. The van der Waals surface area contributed by atoms with Gasteiger partial charge in [-0.15, -0.1) is 0 Å². The lowest BCUT2D eigenvalue weighted by Gasteiger charge is -2.37. The second-order valence-corrected chi connectivity index (χ2v) is 12.1. The lowest BCUT2D eigenvalue weighted by molar-refractivity contribution is -0.166. The molecule has 5 heteroatoms. The minimum atomic E-state index is -1.00. The van der Waals surface area contributed by atoms with Gasteiger partial charge < -0.3 is 14.4 Å². The molecule has 0 saturated heterocycles. The Hall–Kier alpha value is -4.48. The largest absolute Gasteiger partial charge is 0.459 e. The maximum absolute atomic E-state index is 13.2. The van der Waals surface area contributed by atoms with E-state index < -0.39 is 22.7 Å². The van der Waals surface area contributed by atoms with Gasteiger partial charge >= 0.3 is 5.97 Å². The predicted octanol–water partition coefficient (Wildman–Crippen LogP) is 7.55. The minimum absolute atomic E-state index is 0.348. The first-order valence-corrected chi connectivity index (χ1v) is 14.5. The molecule has 0 radical (unpaired) electrons. The summed E-state index contributed by atoms with van der Waals surface area (Å²) < 4.78 is 7.89. The average molecular weight is 557 g/mol. The van der Waals surface area contributed by atoms with Crippen LogP contribution in [0.25, 0.3) is 11.3 Å². The molecule has 212 valence electrons. The number of aromatic nitrogens is 2. The number of hydrogen-bond acceptors (Lipinski definition) is 4. The van der Waals surface area contributed by atoms with Gasteiger partial charge in [0.15, 0.2) is 0 Å². The molecule has 4 aromatic carbocycles. The van der Waals surface area contributed by atoms with Gasteiger partial charge in [0.25, 0.3) is 0 Å². The summed E-state index contributed by atoms with van der Waals surface area (Å²) in [5.74, 6) is -0.348. The molecule has 42 heavy (non-hydrogen) atoms. The summed E-state index contributed by atoms with van der Waals surface area (Å²) in [5, 5.41) is 11.7. The van der Waals surface area contributed by atoms with Crippen LogP contribution in [0.2, 0.25) is 0 Å². The number of benzene rings is 4. The van der Waals surface area contributed by atoms with Crippen molar-refractivity contribution in [2.45, 2.75) is 50.9 Å². The van der Waals surface area contributed by atoms with E-state index in [1.165, 1.54) is 0 Å². The van der Waals surface area contributed by atoms with Crippen LogP contribution in [0.1, 0.15) is 62.0 Å². The predicted molar refractivity (Wildman–Crippen MR) is 165 cm³/mol. The van der Waals surface area contributed by atoms with Gasteiger partial charge in [-0.1, -0.05) is 115 Å². The van der Waals surface area contributed by atoms with Crippen LogP contribution in [-0.4, -0.2) is 26.2 Å². The lowest BCUT2D eigenvalue weighted by Crippen LogP contribution is -2.36. The molecule has 5 aromatic rings. The van der Waals surface area contributed by atoms with E-state index in [1.807, 2.05) is 75.8 Å². The number of aliphatic hydroxyl groups excluding tert-OH is 1. The van der Waals surface area contributed by atoms with Gasteiger partial charge in [-0.25, -0.2) is 4.98 Å². The van der Waals surface area contributed by atoms with Gasteiger partial charge in [0, 0.05) is 11.8 Å². The molecule has 1 N–H and O–H groups in total. The number of rotatable bonds is 8. The fraction of sp³-hybridized carbons (Fsp3) is 0.243. The third-order valence-corrected chi connectivity index (χ3v) is 8.19. The molecule has 1 aliphatic carbocycles. The minimum Gasteiger partial charge on any atom is -0.459 e. The molecule has 0 aliphatic heterocycles. The van der Waals surface area contributed by atoms with E-state index in [-0.39, 0.29) is 5.97 Å². The first-order valence-electron chi connectivity index (χ1n) is 14.5. The van der Waals surface area contributed by atoms with Gasteiger partial charge in [-0.05, 0) is 55.9 Å². The highest BCUT2D eigenvalue weighted by Crippen LogP contribution is 2.57. The first-order chi connectivity index (χ1) is 20.3. The number of nitrogens with zero attached hydrogens (tertiary/aromatic N) is 2. The van der Waals surface area contributed by atoms with E-state index in [0.29, 0.717) is 18.4 Å². The third kappa shape index (κ3) is 4.84. The Bertz CT molecular complexity index is 1570. The quantitative estimate of drug-likeness (QED) is 0.158. The highest BCUT2D eigenvalue weighted by Gasteiger charge is 2.58. The molecule has 1 saturated carbocycles. The smallest absolute Gasteiger partial charge is 0.315 e. The molecule has 1 aliphatic rings. The zero-order valence-corrected chi connectivity index (χ0v) is 24.3. The molecular formula is C37H36N2O3. The Morgan fingerprint density at radius 1 is 0.786 bits per heavy atom. The molecule has 1 fully saturated rings. The van der Waals surface area contributed by atoms with Crippen molar-refractivity contribution in [1.82, 2.24) is 9.55 Å². The van der Waals surface area contributed by atoms with Crippen molar-refractivity contribution in [2.75, 3.05) is 0 Å². The van der Waals surface area contributed by atoms with Gasteiger partial charge in [0.1, 0.15) is 11.1 Å². The molecule has 1 aromatic heterocycles. The fourth-order valence-electron chi connectivity index (χ4n) is 6.00. The molecule has 5 nitrogen and oxygen atoms in total. The highest BCUT2D eigenvalue weighted by atomic mass is 16.6. The Balaban J connectivity index is 1.49. The summed E-state index contributed by atoms with van der Waals surface area (Å²) >= 11 is 0. The van der Waals surface area contributed by atoms with E-state index in [0.717, 1.165) is 27.9 Å². The van der Waals surface area contributed by atoms with Crippen molar-refractivity contribution in [3.8, 4) is 11.3 Å². The van der Waals surface area contributed by atoms with Crippen LogP contribution in [0.5, 0.6) is 0 Å². The Labute approximate surface area is 247 Å². The van der Waals surface area contributed by atoms with Crippen molar-refractivity contribution in [1.29, 1.82) is 0 Å². The Morgan fingerprint density at radius 3 is 1.74 bits per heavy atom. The number of imidazole rings is 1. The first kappa shape index (κ1) is 27.7. The summed E-state index contributed by atoms with van der Waals surface area (Å²) in [7, 11) is 0. The van der Waals surface area contributed by atoms with Gasteiger partial charge in [-0.3, -0.25) is 4.79 Å². The van der Waals surface area contributed by atoms with E-state index in [9.17, 15) is 9.90 Å². The van der Waals surface area contributed by atoms with Crippen LogP contribution in [-0.2, 0) is 15.1 Å². The third-order valence-electron chi connectivity index (χ3n) is 8.19. The molecular weight excluding hydrogens is 520 g/mol. The second kappa shape index (κ2) is 10.7. The highest BCUT2D eigenvalue weighted by molar-refractivity contribution is 5.82. The van der Waals surface area contributed by atoms with Crippen molar-refractivity contribution in [3.63, 3.8) is 0 Å². The molecule has 0 bridgehead atoms. The van der Waals surface area contributed by atoms with E-state index in [1.54, 1.807) is 0 Å². The second-order valence-electron chi connectivity index (χ2n) is 12.1. The van der Waals surface area contributed by atoms with Gasteiger partial charge in [0.2, 0.25) is 0 Å². The number of esters is 1. The topological polar surface area (TPSA) is 64.3 Å². The summed E-state index contributed by atoms with van der Waals surface area (Å²) in [4.78, 5) is 18.1. The molecule has 0 spiro atoms. The van der Waals surface area contributed by atoms with Crippen molar-refractivity contribution in [3.05, 3.63) is 150 Å². The normalized spacial score (nSPS) is 15.1. The van der Waals surface area contributed by atoms with Crippen LogP contribution in [0, 0.1) is 5.41 Å². The Morgan fingerprint density at radius 2 is 1.26 bits per heavy atom. The van der Waals surface area contributed by atoms with Crippen molar-refractivity contribution >= 4 is 5.97 Å². The van der Waals surface area contributed by atoms with Crippen LogP contribution >= 0.6 is 0 Å². The number of ether oxygens (including phenoxy) is 1. The standard InChI is InChI=1S/C37H36N2O3/c1-35(2,3)42-34(41)36(23-24-36)33(40)31-22-14-13-21-30(31)32-25-39(26-38-32)37(27-15-7-4-8-16-27,28-17-9-5-10-18-28)29-19-11-6-12-20-29/h4-22,25-26,33,40H,23-24H2,1-3H3. The number of aliphatic hydroxyl groups is 1. The maximum atomic E-state index is 13.2. The monoisotopic (exact) mass is 556 g/mol. The zero-order valence-electron chi connectivity index (χ0n) is 24.3. The van der Waals surface area contributed by atoms with Gasteiger partial charge in [-0.2, -0.15) is 0 Å². The molecule has 0 amide bonds. The SMILES string of the molecule is CC(C)(C)OC(=O)C1(C(O)c2ccccc2-c2cn(C(c3ccccc3)(c3ccccc3)c3ccccc3)cn2)CC1.